The van der Waals surface area contributed by atoms with Crippen LogP contribution in [-0.4, -0.2) is 33.3 Å². The van der Waals surface area contributed by atoms with Crippen LogP contribution in [-0.2, 0) is 0 Å². The van der Waals surface area contributed by atoms with Gasteiger partial charge >= 0.3 is 0 Å². The highest BCUT2D eigenvalue weighted by molar-refractivity contribution is 5.99. The number of aromatic nitrogens is 2. The van der Waals surface area contributed by atoms with Crippen molar-refractivity contribution in [3.05, 3.63) is 59.9 Å². The van der Waals surface area contributed by atoms with Crippen molar-refractivity contribution in [3.63, 3.8) is 0 Å². The molecule has 0 aliphatic carbocycles. The molecule has 0 radical (unpaired) electrons. The van der Waals surface area contributed by atoms with Gasteiger partial charge in [-0.15, -0.1) is 0 Å². The molecule has 4 heteroatoms. The Labute approximate surface area is 141 Å². The summed E-state index contributed by atoms with van der Waals surface area (Å²) in [5.74, 6) is 0.0500. The fraction of sp³-hybridized carbons (Fsp3) is 0.300. The van der Waals surface area contributed by atoms with E-state index in [1.807, 2.05) is 33.7 Å². The lowest BCUT2D eigenvalue weighted by molar-refractivity contribution is 0.0720. The lowest BCUT2D eigenvalue weighted by Crippen LogP contribution is -2.36. The van der Waals surface area contributed by atoms with Crippen molar-refractivity contribution in [3.8, 4) is 11.3 Å². The van der Waals surface area contributed by atoms with Gasteiger partial charge in [0.1, 0.15) is 5.65 Å². The number of likely N-dealkylation sites (tertiary alicyclic amines) is 1. The normalized spacial score (nSPS) is 15.0. The van der Waals surface area contributed by atoms with Crippen molar-refractivity contribution in [1.29, 1.82) is 0 Å². The molecule has 3 aromatic rings. The Hall–Kier alpha value is -2.62. The van der Waals surface area contributed by atoms with E-state index in [2.05, 4.69) is 36.2 Å². The van der Waals surface area contributed by atoms with E-state index in [9.17, 15) is 4.79 Å². The average molecular weight is 319 g/mol. The number of hydrogen-bond donors (Lipinski definition) is 0. The monoisotopic (exact) mass is 319 g/mol. The van der Waals surface area contributed by atoms with E-state index < -0.39 is 0 Å². The summed E-state index contributed by atoms with van der Waals surface area (Å²) in [6.07, 6.45) is 5.35. The number of imidazole rings is 1. The minimum absolute atomic E-state index is 0.0500. The van der Waals surface area contributed by atoms with Gasteiger partial charge in [-0.05, 0) is 38.3 Å². The Bertz CT molecular complexity index is 874. The summed E-state index contributed by atoms with van der Waals surface area (Å²) in [6.45, 7) is 3.73. The van der Waals surface area contributed by atoms with Crippen molar-refractivity contribution in [2.24, 2.45) is 0 Å². The second kappa shape index (κ2) is 6.11. The van der Waals surface area contributed by atoms with Gasteiger partial charge in [0.15, 0.2) is 5.69 Å². The zero-order chi connectivity index (χ0) is 16.5. The first-order chi connectivity index (χ1) is 11.7. The SMILES string of the molecule is Cc1ccc(-c2c(C(=O)N3CCCCC3)nc3ccccn23)cc1. The van der Waals surface area contributed by atoms with Crippen LogP contribution in [0.5, 0.6) is 0 Å². The third-order valence-corrected chi connectivity index (χ3v) is 4.70. The van der Waals surface area contributed by atoms with E-state index in [4.69, 9.17) is 0 Å². The zero-order valence-electron chi connectivity index (χ0n) is 13.9. The first-order valence-corrected chi connectivity index (χ1v) is 8.57. The van der Waals surface area contributed by atoms with Crippen LogP contribution in [0.25, 0.3) is 16.9 Å². The summed E-state index contributed by atoms with van der Waals surface area (Å²) in [4.78, 5) is 19.7. The molecule has 2 aromatic heterocycles. The van der Waals surface area contributed by atoms with E-state index in [0.29, 0.717) is 5.69 Å². The van der Waals surface area contributed by atoms with E-state index in [-0.39, 0.29) is 5.91 Å². The van der Waals surface area contributed by atoms with Gasteiger partial charge < -0.3 is 4.90 Å². The Balaban J connectivity index is 1.86. The minimum Gasteiger partial charge on any atom is -0.337 e. The highest BCUT2D eigenvalue weighted by Crippen LogP contribution is 2.27. The molecule has 24 heavy (non-hydrogen) atoms. The van der Waals surface area contributed by atoms with E-state index >= 15 is 0 Å². The van der Waals surface area contributed by atoms with Gasteiger partial charge in [-0.3, -0.25) is 9.20 Å². The molecule has 1 fully saturated rings. The average Bonchev–Trinajstić information content (AvgIpc) is 3.02. The lowest BCUT2D eigenvalue weighted by Gasteiger charge is -2.26. The largest absolute Gasteiger partial charge is 0.337 e. The predicted molar refractivity (Wildman–Crippen MR) is 95.1 cm³/mol. The number of fused-ring (bicyclic) bond motifs is 1. The number of piperidine rings is 1. The zero-order valence-corrected chi connectivity index (χ0v) is 13.9. The summed E-state index contributed by atoms with van der Waals surface area (Å²) < 4.78 is 2.02. The molecule has 122 valence electrons. The molecular formula is C20H21N3O. The molecular weight excluding hydrogens is 298 g/mol. The smallest absolute Gasteiger partial charge is 0.274 e. The quantitative estimate of drug-likeness (QED) is 0.717. The maximum absolute atomic E-state index is 13.1. The van der Waals surface area contributed by atoms with Crippen LogP contribution in [0.1, 0.15) is 35.3 Å². The van der Waals surface area contributed by atoms with Crippen LogP contribution in [0.15, 0.2) is 48.7 Å². The number of hydrogen-bond acceptors (Lipinski definition) is 2. The maximum atomic E-state index is 13.1. The molecule has 4 rings (SSSR count). The van der Waals surface area contributed by atoms with Crippen molar-refractivity contribution in [2.75, 3.05) is 13.1 Å². The molecule has 4 nitrogen and oxygen atoms in total. The molecule has 1 aromatic carbocycles. The number of aryl methyl sites for hydroxylation is 1. The fourth-order valence-corrected chi connectivity index (χ4v) is 3.38. The second-order valence-corrected chi connectivity index (χ2v) is 6.46. The van der Waals surface area contributed by atoms with E-state index in [0.717, 1.165) is 42.8 Å². The lowest BCUT2D eigenvalue weighted by atomic mass is 10.1. The van der Waals surface area contributed by atoms with Crippen LogP contribution >= 0.6 is 0 Å². The van der Waals surface area contributed by atoms with E-state index in [1.165, 1.54) is 12.0 Å². The fourth-order valence-electron chi connectivity index (χ4n) is 3.38. The van der Waals surface area contributed by atoms with Crippen LogP contribution < -0.4 is 0 Å². The molecule has 0 atom stereocenters. The molecule has 0 unspecified atom stereocenters. The van der Waals surface area contributed by atoms with Crippen molar-refractivity contribution in [1.82, 2.24) is 14.3 Å². The van der Waals surface area contributed by atoms with Gasteiger partial charge in [0, 0.05) is 24.8 Å². The van der Waals surface area contributed by atoms with Crippen molar-refractivity contribution < 1.29 is 4.79 Å². The number of carbonyl (C=O) groups excluding carboxylic acids is 1. The Kier molecular flexibility index (Phi) is 3.81. The molecule has 0 spiro atoms. The third-order valence-electron chi connectivity index (χ3n) is 4.70. The molecule has 1 aliphatic heterocycles. The number of rotatable bonds is 2. The maximum Gasteiger partial charge on any atom is 0.274 e. The van der Waals surface area contributed by atoms with Crippen molar-refractivity contribution in [2.45, 2.75) is 26.2 Å². The minimum atomic E-state index is 0.0500. The molecule has 0 saturated carbocycles. The Morgan fingerprint density at radius 1 is 1.00 bits per heavy atom. The predicted octanol–water partition coefficient (Wildman–Crippen LogP) is 3.94. The standard InChI is InChI=1S/C20H21N3O/c1-15-8-10-16(11-9-15)19-18(20(24)22-12-4-2-5-13-22)21-17-7-3-6-14-23(17)19/h3,6-11,14H,2,4-5,12-13H2,1H3. The number of carbonyl (C=O) groups is 1. The first-order valence-electron chi connectivity index (χ1n) is 8.57. The molecule has 3 heterocycles. The Morgan fingerprint density at radius 2 is 1.75 bits per heavy atom. The van der Waals surface area contributed by atoms with Crippen LogP contribution in [0.4, 0.5) is 0 Å². The summed E-state index contributed by atoms with van der Waals surface area (Å²) in [5, 5.41) is 0. The number of benzene rings is 1. The highest BCUT2D eigenvalue weighted by Gasteiger charge is 2.25. The molecule has 1 amide bonds. The van der Waals surface area contributed by atoms with Gasteiger partial charge in [-0.1, -0.05) is 35.9 Å². The summed E-state index contributed by atoms with van der Waals surface area (Å²) in [5.41, 5.74) is 4.50. The number of nitrogens with zero attached hydrogens (tertiary/aromatic N) is 3. The number of pyridine rings is 1. The van der Waals surface area contributed by atoms with Crippen LogP contribution in [0, 0.1) is 6.92 Å². The summed E-state index contributed by atoms with van der Waals surface area (Å²) in [7, 11) is 0. The van der Waals surface area contributed by atoms with Gasteiger partial charge in [0.2, 0.25) is 0 Å². The number of amides is 1. The summed E-state index contributed by atoms with van der Waals surface area (Å²) in [6, 6.07) is 14.2. The highest BCUT2D eigenvalue weighted by atomic mass is 16.2. The summed E-state index contributed by atoms with van der Waals surface area (Å²) >= 11 is 0. The van der Waals surface area contributed by atoms with Gasteiger partial charge in [0.25, 0.3) is 5.91 Å². The molecule has 1 aliphatic rings. The van der Waals surface area contributed by atoms with Gasteiger partial charge in [-0.2, -0.15) is 0 Å². The molecule has 0 bridgehead atoms. The molecule has 1 saturated heterocycles. The van der Waals surface area contributed by atoms with Crippen molar-refractivity contribution >= 4 is 11.6 Å². The van der Waals surface area contributed by atoms with Crippen LogP contribution in [0.3, 0.4) is 0 Å². The first kappa shape index (κ1) is 14.9. The van der Waals surface area contributed by atoms with Crippen LogP contribution in [0.2, 0.25) is 0 Å². The second-order valence-electron chi connectivity index (χ2n) is 6.46. The molecule has 0 N–H and O–H groups in total. The topological polar surface area (TPSA) is 37.6 Å². The van der Waals surface area contributed by atoms with E-state index in [1.54, 1.807) is 0 Å². The third kappa shape index (κ3) is 2.58. The van der Waals surface area contributed by atoms with Gasteiger partial charge in [0.05, 0.1) is 5.69 Å². The Morgan fingerprint density at radius 3 is 2.50 bits per heavy atom. The van der Waals surface area contributed by atoms with Gasteiger partial charge in [-0.25, -0.2) is 4.98 Å².